The summed E-state index contributed by atoms with van der Waals surface area (Å²) >= 11 is 0. The van der Waals surface area contributed by atoms with Gasteiger partial charge in [0, 0.05) is 37.9 Å². The van der Waals surface area contributed by atoms with Gasteiger partial charge >= 0.3 is 5.97 Å². The molecule has 2 amide bonds. The Bertz CT molecular complexity index is 844. The minimum Gasteiger partial charge on any atom is -0.481 e. The molecule has 3 aliphatic rings. The lowest BCUT2D eigenvalue weighted by Gasteiger charge is -2.37. The van der Waals surface area contributed by atoms with Crippen LogP contribution in [0.25, 0.3) is 0 Å². The van der Waals surface area contributed by atoms with Gasteiger partial charge < -0.3 is 25.5 Å². The van der Waals surface area contributed by atoms with Crippen molar-refractivity contribution in [3.05, 3.63) is 29.3 Å². The van der Waals surface area contributed by atoms with E-state index in [1.807, 2.05) is 11.0 Å². The van der Waals surface area contributed by atoms with Crippen molar-refractivity contribution in [1.29, 1.82) is 0 Å². The van der Waals surface area contributed by atoms with Crippen LogP contribution in [0, 0.1) is 11.8 Å². The molecule has 4 rings (SSSR count). The number of likely N-dealkylation sites (N-methyl/N-ethyl adjacent to an activating group) is 1. The second-order valence-corrected chi connectivity index (χ2v) is 9.08. The third kappa shape index (κ3) is 4.84. The molecule has 3 heterocycles. The summed E-state index contributed by atoms with van der Waals surface area (Å²) in [5.41, 5.74) is 2.17. The van der Waals surface area contributed by atoms with Crippen molar-refractivity contribution in [1.82, 2.24) is 15.1 Å². The second-order valence-electron chi connectivity index (χ2n) is 9.08. The summed E-state index contributed by atoms with van der Waals surface area (Å²) in [4.78, 5) is 40.2. The SMILES string of the molecule is CN1Cc2cc(C(=O)N3CCC(C4CCNCC4)CC3)ccc2N[C@@H](CC(=O)O)C1=O. The Morgan fingerprint density at radius 2 is 1.77 bits per heavy atom. The number of nitrogens with one attached hydrogen (secondary N) is 2. The Hall–Kier alpha value is -2.61. The molecule has 168 valence electrons. The molecule has 0 bridgehead atoms. The van der Waals surface area contributed by atoms with Gasteiger partial charge in [0.05, 0.1) is 6.42 Å². The third-order valence-electron chi connectivity index (χ3n) is 7.02. The summed E-state index contributed by atoms with van der Waals surface area (Å²) in [7, 11) is 1.66. The number of carboxylic acid groups (broad SMARTS) is 1. The lowest BCUT2D eigenvalue weighted by atomic mass is 9.79. The molecule has 1 aromatic carbocycles. The third-order valence-corrected chi connectivity index (χ3v) is 7.02. The molecule has 0 aliphatic carbocycles. The van der Waals surface area contributed by atoms with Crippen LogP contribution in [0.4, 0.5) is 5.69 Å². The lowest BCUT2D eigenvalue weighted by molar-refractivity contribution is -0.141. The van der Waals surface area contributed by atoms with Crippen molar-refractivity contribution < 1.29 is 19.5 Å². The smallest absolute Gasteiger partial charge is 0.305 e. The monoisotopic (exact) mass is 428 g/mol. The molecular weight excluding hydrogens is 396 g/mol. The fraction of sp³-hybridized carbons (Fsp3) is 0.609. The standard InChI is InChI=1S/C23H32N4O4/c1-26-14-18-12-17(2-3-19(18)25-20(23(26)31)13-21(28)29)22(30)27-10-6-16(7-11-27)15-4-8-24-9-5-15/h2-3,12,15-16,20,24-25H,4-11,13-14H2,1H3,(H,28,29)/t20-/m0/s1. The summed E-state index contributed by atoms with van der Waals surface area (Å²) in [5.74, 6) is 0.248. The topological polar surface area (TPSA) is 102 Å². The lowest BCUT2D eigenvalue weighted by Crippen LogP contribution is -2.42. The van der Waals surface area contributed by atoms with Crippen molar-refractivity contribution in [3.63, 3.8) is 0 Å². The van der Waals surface area contributed by atoms with Gasteiger partial charge in [-0.3, -0.25) is 14.4 Å². The highest BCUT2D eigenvalue weighted by Crippen LogP contribution is 2.32. The van der Waals surface area contributed by atoms with Crippen LogP contribution in [0.5, 0.6) is 0 Å². The summed E-state index contributed by atoms with van der Waals surface area (Å²) < 4.78 is 0. The van der Waals surface area contributed by atoms with E-state index < -0.39 is 12.0 Å². The van der Waals surface area contributed by atoms with Crippen molar-refractivity contribution >= 4 is 23.5 Å². The minimum absolute atomic E-state index is 0.0341. The molecule has 2 saturated heterocycles. The molecule has 2 fully saturated rings. The van der Waals surface area contributed by atoms with Crippen molar-refractivity contribution in [2.75, 3.05) is 38.5 Å². The first-order valence-electron chi connectivity index (χ1n) is 11.3. The molecule has 3 N–H and O–H groups in total. The predicted molar refractivity (Wildman–Crippen MR) is 117 cm³/mol. The highest BCUT2D eigenvalue weighted by Gasteiger charge is 2.31. The number of fused-ring (bicyclic) bond motifs is 1. The molecule has 1 atom stereocenters. The number of piperidine rings is 2. The van der Waals surface area contributed by atoms with Crippen LogP contribution >= 0.6 is 0 Å². The molecule has 0 radical (unpaired) electrons. The number of carbonyl (C=O) groups is 3. The van der Waals surface area contributed by atoms with Gasteiger partial charge in [-0.1, -0.05) is 0 Å². The first-order valence-corrected chi connectivity index (χ1v) is 11.3. The number of anilines is 1. The normalized spacial score (nSPS) is 23.1. The number of amides is 2. The van der Waals surface area contributed by atoms with Gasteiger partial charge in [-0.15, -0.1) is 0 Å². The van der Waals surface area contributed by atoms with Gasteiger partial charge in [0.1, 0.15) is 6.04 Å². The summed E-state index contributed by atoms with van der Waals surface area (Å²) in [6.07, 6.45) is 4.33. The zero-order chi connectivity index (χ0) is 22.0. The van der Waals surface area contributed by atoms with Gasteiger partial charge in [0.2, 0.25) is 5.91 Å². The Kier molecular flexibility index (Phi) is 6.46. The van der Waals surface area contributed by atoms with E-state index in [-0.39, 0.29) is 18.2 Å². The van der Waals surface area contributed by atoms with Crippen LogP contribution in [0.1, 0.15) is 48.0 Å². The maximum absolute atomic E-state index is 13.1. The fourth-order valence-electron chi connectivity index (χ4n) is 5.23. The van der Waals surface area contributed by atoms with Crippen LogP contribution in [0.15, 0.2) is 18.2 Å². The molecule has 8 heteroatoms. The quantitative estimate of drug-likeness (QED) is 0.676. The van der Waals surface area contributed by atoms with Crippen LogP contribution in [-0.4, -0.2) is 72.0 Å². The highest BCUT2D eigenvalue weighted by atomic mass is 16.4. The number of carbonyl (C=O) groups excluding carboxylic acids is 2. The average molecular weight is 429 g/mol. The van der Waals surface area contributed by atoms with Crippen LogP contribution < -0.4 is 10.6 Å². The Morgan fingerprint density at radius 1 is 1.10 bits per heavy atom. The number of carboxylic acids is 1. The fourth-order valence-corrected chi connectivity index (χ4v) is 5.23. The summed E-state index contributed by atoms with van der Waals surface area (Å²) in [6, 6.07) is 4.61. The van der Waals surface area contributed by atoms with E-state index in [1.165, 1.54) is 17.7 Å². The van der Waals surface area contributed by atoms with Crippen molar-refractivity contribution in [2.45, 2.75) is 44.7 Å². The molecular formula is C23H32N4O4. The molecule has 31 heavy (non-hydrogen) atoms. The van der Waals surface area contributed by atoms with E-state index in [9.17, 15) is 14.4 Å². The second kappa shape index (κ2) is 9.26. The highest BCUT2D eigenvalue weighted by molar-refractivity contribution is 5.96. The Balaban J connectivity index is 1.43. The number of rotatable bonds is 4. The van der Waals surface area contributed by atoms with Crippen molar-refractivity contribution in [3.8, 4) is 0 Å². The predicted octanol–water partition coefficient (Wildman–Crippen LogP) is 1.77. The summed E-state index contributed by atoms with van der Waals surface area (Å²) in [6.45, 7) is 4.15. The maximum atomic E-state index is 13.1. The molecule has 0 unspecified atom stereocenters. The van der Waals surface area contributed by atoms with Gasteiger partial charge in [0.15, 0.2) is 0 Å². The molecule has 0 spiro atoms. The van der Waals surface area contributed by atoms with E-state index in [0.29, 0.717) is 23.7 Å². The van der Waals surface area contributed by atoms with E-state index in [1.54, 1.807) is 19.2 Å². The molecule has 8 nitrogen and oxygen atoms in total. The largest absolute Gasteiger partial charge is 0.481 e. The Morgan fingerprint density at radius 3 is 2.45 bits per heavy atom. The van der Waals surface area contributed by atoms with E-state index in [2.05, 4.69) is 10.6 Å². The van der Waals surface area contributed by atoms with Gasteiger partial charge in [-0.25, -0.2) is 0 Å². The molecule has 1 aromatic rings. The van der Waals surface area contributed by atoms with E-state index in [0.717, 1.165) is 50.5 Å². The summed E-state index contributed by atoms with van der Waals surface area (Å²) in [5, 5.41) is 15.6. The molecule has 3 aliphatic heterocycles. The number of hydrogen-bond acceptors (Lipinski definition) is 5. The van der Waals surface area contributed by atoms with E-state index >= 15 is 0 Å². The number of hydrogen-bond donors (Lipinski definition) is 3. The molecule has 0 saturated carbocycles. The maximum Gasteiger partial charge on any atom is 0.305 e. The van der Waals surface area contributed by atoms with Gasteiger partial charge in [0.25, 0.3) is 5.91 Å². The van der Waals surface area contributed by atoms with Crippen LogP contribution in [-0.2, 0) is 16.1 Å². The number of likely N-dealkylation sites (tertiary alicyclic amines) is 1. The Labute approximate surface area is 183 Å². The van der Waals surface area contributed by atoms with Gasteiger partial charge in [-0.2, -0.15) is 0 Å². The van der Waals surface area contributed by atoms with Crippen molar-refractivity contribution in [2.24, 2.45) is 11.8 Å². The number of benzene rings is 1. The number of nitrogens with zero attached hydrogens (tertiary/aromatic N) is 2. The van der Waals surface area contributed by atoms with Crippen LogP contribution in [0.2, 0.25) is 0 Å². The minimum atomic E-state index is -1.03. The van der Waals surface area contributed by atoms with E-state index in [4.69, 9.17) is 5.11 Å². The zero-order valence-corrected chi connectivity index (χ0v) is 18.1. The molecule has 0 aromatic heterocycles. The number of aliphatic carboxylic acids is 1. The van der Waals surface area contributed by atoms with Crippen LogP contribution in [0.3, 0.4) is 0 Å². The van der Waals surface area contributed by atoms with Gasteiger partial charge in [-0.05, 0) is 74.4 Å². The zero-order valence-electron chi connectivity index (χ0n) is 18.1. The first kappa shape index (κ1) is 21.6. The average Bonchev–Trinajstić information content (AvgIpc) is 2.89. The first-order chi connectivity index (χ1) is 14.9.